The van der Waals surface area contributed by atoms with Crippen LogP contribution in [0.15, 0.2) is 29.1 Å². The zero-order valence-electron chi connectivity index (χ0n) is 15.9. The van der Waals surface area contributed by atoms with Crippen LogP contribution >= 0.6 is 0 Å². The average Bonchev–Trinajstić information content (AvgIpc) is 2.91. The molecular weight excluding hydrogens is 328 g/mol. The SMILES string of the molecule is CCCn1c(=O)n(CCC(=O)NCC2(C)CCNCC2)c2ccccc21. The van der Waals surface area contributed by atoms with E-state index in [2.05, 4.69) is 24.5 Å². The number of nitrogens with zero attached hydrogens (tertiary/aromatic N) is 2. The lowest BCUT2D eigenvalue weighted by atomic mass is 9.81. The summed E-state index contributed by atoms with van der Waals surface area (Å²) in [7, 11) is 0. The van der Waals surface area contributed by atoms with Crippen molar-refractivity contribution in [2.45, 2.75) is 52.6 Å². The Morgan fingerprint density at radius 1 is 1.15 bits per heavy atom. The van der Waals surface area contributed by atoms with Crippen molar-refractivity contribution < 1.29 is 4.79 Å². The average molecular weight is 358 g/mol. The van der Waals surface area contributed by atoms with Gasteiger partial charge in [-0.05, 0) is 49.9 Å². The number of aromatic nitrogens is 2. The van der Waals surface area contributed by atoms with E-state index in [-0.39, 0.29) is 17.0 Å². The smallest absolute Gasteiger partial charge is 0.329 e. The summed E-state index contributed by atoms with van der Waals surface area (Å²) < 4.78 is 3.54. The Morgan fingerprint density at radius 2 is 1.77 bits per heavy atom. The molecule has 0 bridgehead atoms. The first kappa shape index (κ1) is 18.7. The number of hydrogen-bond donors (Lipinski definition) is 2. The van der Waals surface area contributed by atoms with Gasteiger partial charge >= 0.3 is 5.69 Å². The van der Waals surface area contributed by atoms with E-state index < -0.39 is 0 Å². The molecule has 26 heavy (non-hydrogen) atoms. The molecule has 6 nitrogen and oxygen atoms in total. The van der Waals surface area contributed by atoms with Crippen LogP contribution in [0.3, 0.4) is 0 Å². The molecule has 142 valence electrons. The molecule has 1 saturated heterocycles. The highest BCUT2D eigenvalue weighted by atomic mass is 16.2. The maximum Gasteiger partial charge on any atom is 0.329 e. The highest BCUT2D eigenvalue weighted by Crippen LogP contribution is 2.26. The zero-order valence-corrected chi connectivity index (χ0v) is 15.9. The Hall–Kier alpha value is -2.08. The Balaban J connectivity index is 1.65. The minimum absolute atomic E-state index is 0.0176. The molecule has 0 spiro atoms. The van der Waals surface area contributed by atoms with Crippen LogP contribution < -0.4 is 16.3 Å². The van der Waals surface area contributed by atoms with Gasteiger partial charge in [0, 0.05) is 26.1 Å². The molecule has 0 aliphatic carbocycles. The third-order valence-corrected chi connectivity index (χ3v) is 5.46. The van der Waals surface area contributed by atoms with Crippen molar-refractivity contribution in [3.05, 3.63) is 34.7 Å². The third-order valence-electron chi connectivity index (χ3n) is 5.46. The predicted octanol–water partition coefficient (Wildman–Crippen LogP) is 2.11. The Morgan fingerprint density at radius 3 is 2.38 bits per heavy atom. The Bertz CT molecular complexity index is 815. The van der Waals surface area contributed by atoms with E-state index in [0.717, 1.165) is 43.4 Å². The van der Waals surface area contributed by atoms with Crippen molar-refractivity contribution in [3.63, 3.8) is 0 Å². The molecule has 6 heteroatoms. The lowest BCUT2D eigenvalue weighted by molar-refractivity contribution is -0.121. The standard InChI is InChI=1S/C20H30N4O2/c1-3-13-23-16-6-4-5-7-17(16)24(19(23)26)14-8-18(25)22-15-20(2)9-11-21-12-10-20/h4-7,21H,3,8-15H2,1-2H3,(H,22,25). The van der Waals surface area contributed by atoms with Gasteiger partial charge < -0.3 is 10.6 Å². The van der Waals surface area contributed by atoms with Gasteiger partial charge in [-0.25, -0.2) is 4.79 Å². The number of rotatable bonds is 7. The number of imidazole rings is 1. The van der Waals surface area contributed by atoms with Crippen LogP contribution in [-0.4, -0.2) is 34.7 Å². The fraction of sp³-hybridized carbons (Fsp3) is 0.600. The molecule has 1 aromatic carbocycles. The van der Waals surface area contributed by atoms with Gasteiger partial charge in [0.05, 0.1) is 11.0 Å². The summed E-state index contributed by atoms with van der Waals surface area (Å²) in [6, 6.07) is 7.81. The number of benzene rings is 1. The summed E-state index contributed by atoms with van der Waals surface area (Å²) in [5.74, 6) is 0.0176. The second kappa shape index (κ2) is 8.08. The van der Waals surface area contributed by atoms with E-state index in [1.54, 1.807) is 4.57 Å². The number of amides is 1. The molecule has 1 aliphatic heterocycles. The summed E-state index contributed by atoms with van der Waals surface area (Å²) in [6.07, 6.45) is 3.39. The van der Waals surface area contributed by atoms with Crippen molar-refractivity contribution in [2.24, 2.45) is 5.41 Å². The van der Waals surface area contributed by atoms with Crippen molar-refractivity contribution in [1.82, 2.24) is 19.8 Å². The number of carbonyl (C=O) groups excluding carboxylic acids is 1. The number of hydrogen-bond acceptors (Lipinski definition) is 3. The molecular formula is C20H30N4O2. The summed E-state index contributed by atoms with van der Waals surface area (Å²) in [6.45, 7) is 8.15. The Labute approximate surface area is 154 Å². The quantitative estimate of drug-likeness (QED) is 0.797. The van der Waals surface area contributed by atoms with Crippen molar-refractivity contribution >= 4 is 16.9 Å². The lowest BCUT2D eigenvalue weighted by Gasteiger charge is -2.34. The number of piperidine rings is 1. The lowest BCUT2D eigenvalue weighted by Crippen LogP contribution is -2.43. The second-order valence-electron chi connectivity index (χ2n) is 7.66. The third kappa shape index (κ3) is 4.01. The van der Waals surface area contributed by atoms with E-state index in [0.29, 0.717) is 26.1 Å². The molecule has 2 aromatic rings. The first-order valence-corrected chi connectivity index (χ1v) is 9.69. The van der Waals surface area contributed by atoms with E-state index in [4.69, 9.17) is 0 Å². The van der Waals surface area contributed by atoms with E-state index in [1.807, 2.05) is 28.8 Å². The molecule has 1 aliphatic rings. The number of aryl methyl sites for hydroxylation is 2. The maximum atomic E-state index is 12.7. The molecule has 0 radical (unpaired) electrons. The fourth-order valence-electron chi connectivity index (χ4n) is 3.75. The van der Waals surface area contributed by atoms with Crippen molar-refractivity contribution in [3.8, 4) is 0 Å². The summed E-state index contributed by atoms with van der Waals surface area (Å²) in [5.41, 5.74) is 2.01. The van der Waals surface area contributed by atoms with Crippen LogP contribution in [0.5, 0.6) is 0 Å². The molecule has 2 heterocycles. The highest BCUT2D eigenvalue weighted by Gasteiger charge is 2.27. The van der Waals surface area contributed by atoms with E-state index >= 15 is 0 Å². The van der Waals surface area contributed by atoms with Crippen LogP contribution in [0.25, 0.3) is 11.0 Å². The number of para-hydroxylation sites is 2. The minimum Gasteiger partial charge on any atom is -0.355 e. The second-order valence-corrected chi connectivity index (χ2v) is 7.66. The highest BCUT2D eigenvalue weighted by molar-refractivity contribution is 5.78. The minimum atomic E-state index is -0.0221. The molecule has 0 atom stereocenters. The zero-order chi connectivity index (χ0) is 18.6. The van der Waals surface area contributed by atoms with Gasteiger partial charge in [0.15, 0.2) is 0 Å². The summed E-state index contributed by atoms with van der Waals surface area (Å²) in [5, 5.41) is 6.43. The van der Waals surface area contributed by atoms with Crippen LogP contribution in [0.1, 0.15) is 39.5 Å². The fourth-order valence-corrected chi connectivity index (χ4v) is 3.75. The molecule has 0 unspecified atom stereocenters. The monoisotopic (exact) mass is 358 g/mol. The van der Waals surface area contributed by atoms with Gasteiger partial charge in [0.2, 0.25) is 5.91 Å². The van der Waals surface area contributed by atoms with Gasteiger partial charge in [-0.1, -0.05) is 26.0 Å². The molecule has 1 amide bonds. The van der Waals surface area contributed by atoms with E-state index in [1.165, 1.54) is 0 Å². The maximum absolute atomic E-state index is 12.7. The normalized spacial score (nSPS) is 16.7. The van der Waals surface area contributed by atoms with Gasteiger partial charge in [0.25, 0.3) is 0 Å². The molecule has 1 fully saturated rings. The predicted molar refractivity (Wildman–Crippen MR) is 104 cm³/mol. The molecule has 2 N–H and O–H groups in total. The van der Waals surface area contributed by atoms with Gasteiger partial charge in [0.1, 0.15) is 0 Å². The van der Waals surface area contributed by atoms with Crippen molar-refractivity contribution in [2.75, 3.05) is 19.6 Å². The van der Waals surface area contributed by atoms with Crippen LogP contribution in [-0.2, 0) is 17.9 Å². The first-order valence-electron chi connectivity index (χ1n) is 9.69. The molecule has 1 aromatic heterocycles. The largest absolute Gasteiger partial charge is 0.355 e. The van der Waals surface area contributed by atoms with Gasteiger partial charge in [-0.3, -0.25) is 13.9 Å². The van der Waals surface area contributed by atoms with E-state index in [9.17, 15) is 9.59 Å². The first-order chi connectivity index (χ1) is 12.5. The number of carbonyl (C=O) groups is 1. The van der Waals surface area contributed by atoms with Gasteiger partial charge in [-0.2, -0.15) is 0 Å². The van der Waals surface area contributed by atoms with Crippen LogP contribution in [0.4, 0.5) is 0 Å². The summed E-state index contributed by atoms with van der Waals surface area (Å²) in [4.78, 5) is 25.1. The van der Waals surface area contributed by atoms with Crippen molar-refractivity contribution in [1.29, 1.82) is 0 Å². The molecule has 3 rings (SSSR count). The Kier molecular flexibility index (Phi) is 5.81. The number of nitrogens with one attached hydrogen (secondary N) is 2. The molecule has 0 saturated carbocycles. The summed E-state index contributed by atoms with van der Waals surface area (Å²) >= 11 is 0. The van der Waals surface area contributed by atoms with Crippen LogP contribution in [0.2, 0.25) is 0 Å². The van der Waals surface area contributed by atoms with Crippen LogP contribution in [0, 0.1) is 5.41 Å². The number of fused-ring (bicyclic) bond motifs is 1. The van der Waals surface area contributed by atoms with Gasteiger partial charge in [-0.15, -0.1) is 0 Å². The topological polar surface area (TPSA) is 68.1 Å².